The molecule has 158 valence electrons. The van der Waals surface area contributed by atoms with Crippen LogP contribution >= 0.6 is 0 Å². The van der Waals surface area contributed by atoms with Gasteiger partial charge in [0.1, 0.15) is 18.8 Å². The van der Waals surface area contributed by atoms with Gasteiger partial charge in [-0.2, -0.15) is 0 Å². The van der Waals surface area contributed by atoms with Crippen molar-refractivity contribution in [1.82, 2.24) is 5.32 Å². The molecule has 0 spiro atoms. The number of amides is 1. The Kier molecular flexibility index (Phi) is 7.16. The monoisotopic (exact) mass is 413 g/mol. The minimum atomic E-state index is -0.921. The van der Waals surface area contributed by atoms with Crippen LogP contribution < -0.4 is 5.32 Å². The molecule has 1 saturated heterocycles. The first kappa shape index (κ1) is 21.5. The van der Waals surface area contributed by atoms with E-state index in [2.05, 4.69) is 5.32 Å². The predicted octanol–water partition coefficient (Wildman–Crippen LogP) is 1.95. The SMILES string of the molecule is CO[C@H]1O[C@@H](COC(=O)c2ccccc2)[C@H](OC(=O)c2ccccc2)[C@@H]1NC(C)=O. The summed E-state index contributed by atoms with van der Waals surface area (Å²) in [6.45, 7) is 1.15. The average molecular weight is 413 g/mol. The summed E-state index contributed by atoms with van der Waals surface area (Å²) >= 11 is 0. The highest BCUT2D eigenvalue weighted by atomic mass is 16.7. The second-order valence-corrected chi connectivity index (χ2v) is 6.71. The molecule has 0 radical (unpaired) electrons. The number of hydrogen-bond donors (Lipinski definition) is 1. The molecule has 8 nitrogen and oxygen atoms in total. The van der Waals surface area contributed by atoms with Crippen LogP contribution in [-0.4, -0.2) is 56.1 Å². The first-order chi connectivity index (χ1) is 14.5. The van der Waals surface area contributed by atoms with Crippen molar-refractivity contribution in [2.75, 3.05) is 13.7 Å². The zero-order chi connectivity index (χ0) is 21.5. The molecule has 1 heterocycles. The number of rotatable bonds is 7. The third-order valence-electron chi connectivity index (χ3n) is 4.57. The third-order valence-corrected chi connectivity index (χ3v) is 4.57. The zero-order valence-electron chi connectivity index (χ0n) is 16.6. The van der Waals surface area contributed by atoms with Crippen molar-refractivity contribution in [3.63, 3.8) is 0 Å². The molecule has 1 amide bonds. The lowest BCUT2D eigenvalue weighted by atomic mass is 10.1. The van der Waals surface area contributed by atoms with Gasteiger partial charge in [0.15, 0.2) is 12.4 Å². The highest BCUT2D eigenvalue weighted by molar-refractivity contribution is 5.90. The Hall–Kier alpha value is -3.23. The van der Waals surface area contributed by atoms with E-state index in [0.29, 0.717) is 11.1 Å². The van der Waals surface area contributed by atoms with E-state index in [9.17, 15) is 14.4 Å². The predicted molar refractivity (Wildman–Crippen MR) is 106 cm³/mol. The molecule has 2 aromatic rings. The maximum absolute atomic E-state index is 12.6. The standard InChI is InChI=1S/C22H23NO7/c1-14(24)23-18-19(30-21(26)16-11-7-4-8-12-16)17(29-22(18)27-2)13-28-20(25)15-9-5-3-6-10-15/h3-12,17-19,22H,13H2,1-2H3,(H,23,24)/t17-,18-,19-,22-/m0/s1. The Balaban J connectivity index is 1.75. The van der Waals surface area contributed by atoms with Crippen LogP contribution in [0.5, 0.6) is 0 Å². The second kappa shape index (κ2) is 10.00. The molecule has 1 N–H and O–H groups in total. The quantitative estimate of drug-likeness (QED) is 0.693. The number of hydrogen-bond acceptors (Lipinski definition) is 7. The highest BCUT2D eigenvalue weighted by Gasteiger charge is 2.48. The van der Waals surface area contributed by atoms with E-state index in [1.54, 1.807) is 60.7 Å². The van der Waals surface area contributed by atoms with E-state index in [1.165, 1.54) is 14.0 Å². The number of carbonyl (C=O) groups excluding carboxylic acids is 3. The Morgan fingerprint density at radius 1 is 0.933 bits per heavy atom. The van der Waals surface area contributed by atoms with Gasteiger partial charge in [-0.15, -0.1) is 0 Å². The van der Waals surface area contributed by atoms with Crippen molar-refractivity contribution in [2.45, 2.75) is 31.5 Å². The van der Waals surface area contributed by atoms with Crippen molar-refractivity contribution >= 4 is 17.8 Å². The minimum absolute atomic E-state index is 0.184. The van der Waals surface area contributed by atoms with Crippen LogP contribution in [-0.2, 0) is 23.7 Å². The van der Waals surface area contributed by atoms with E-state index in [-0.39, 0.29) is 12.5 Å². The summed E-state index contributed by atoms with van der Waals surface area (Å²) in [5.74, 6) is -1.46. The van der Waals surface area contributed by atoms with Gasteiger partial charge in [0.05, 0.1) is 11.1 Å². The Morgan fingerprint density at radius 3 is 2.03 bits per heavy atom. The number of esters is 2. The molecule has 0 aromatic heterocycles. The van der Waals surface area contributed by atoms with E-state index < -0.39 is 36.5 Å². The van der Waals surface area contributed by atoms with Crippen LogP contribution in [0.3, 0.4) is 0 Å². The number of methoxy groups -OCH3 is 1. The third kappa shape index (κ3) is 5.22. The summed E-state index contributed by atoms with van der Waals surface area (Å²) in [5, 5.41) is 2.69. The topological polar surface area (TPSA) is 100 Å². The van der Waals surface area contributed by atoms with Crippen molar-refractivity contribution < 1.29 is 33.3 Å². The molecule has 1 fully saturated rings. The number of carbonyl (C=O) groups is 3. The molecule has 30 heavy (non-hydrogen) atoms. The maximum atomic E-state index is 12.6. The molecule has 1 aliphatic rings. The fraction of sp³-hybridized carbons (Fsp3) is 0.318. The molecule has 0 unspecified atom stereocenters. The van der Waals surface area contributed by atoms with E-state index in [1.807, 2.05) is 0 Å². The van der Waals surface area contributed by atoms with Crippen molar-refractivity contribution in [3.05, 3.63) is 71.8 Å². The Morgan fingerprint density at radius 2 is 1.50 bits per heavy atom. The van der Waals surface area contributed by atoms with Crippen molar-refractivity contribution in [2.24, 2.45) is 0 Å². The summed E-state index contributed by atoms with van der Waals surface area (Å²) in [7, 11) is 1.41. The number of ether oxygens (including phenoxy) is 4. The normalized spacial score (nSPS) is 22.9. The maximum Gasteiger partial charge on any atom is 0.338 e. The molecule has 2 aromatic carbocycles. The molecule has 8 heteroatoms. The average Bonchev–Trinajstić information content (AvgIpc) is 3.08. The molecule has 0 aliphatic carbocycles. The highest BCUT2D eigenvalue weighted by Crippen LogP contribution is 2.26. The van der Waals surface area contributed by atoms with Crippen LogP contribution in [0, 0.1) is 0 Å². The van der Waals surface area contributed by atoms with Gasteiger partial charge in [-0.1, -0.05) is 36.4 Å². The molecule has 4 atom stereocenters. The van der Waals surface area contributed by atoms with Gasteiger partial charge in [0, 0.05) is 14.0 Å². The second-order valence-electron chi connectivity index (χ2n) is 6.71. The van der Waals surface area contributed by atoms with Gasteiger partial charge in [-0.05, 0) is 24.3 Å². The lowest BCUT2D eigenvalue weighted by Gasteiger charge is -2.24. The lowest BCUT2D eigenvalue weighted by Crippen LogP contribution is -2.49. The number of benzene rings is 2. The van der Waals surface area contributed by atoms with Gasteiger partial charge in [0.2, 0.25) is 5.91 Å². The molecule has 0 saturated carbocycles. The van der Waals surface area contributed by atoms with E-state index in [4.69, 9.17) is 18.9 Å². The van der Waals surface area contributed by atoms with Gasteiger partial charge >= 0.3 is 11.9 Å². The molecule has 3 rings (SSSR count). The number of nitrogens with one attached hydrogen (secondary N) is 1. The van der Waals surface area contributed by atoms with E-state index >= 15 is 0 Å². The smallest absolute Gasteiger partial charge is 0.338 e. The van der Waals surface area contributed by atoms with Crippen LogP contribution in [0.4, 0.5) is 0 Å². The Labute approximate surface area is 174 Å². The molecule has 1 aliphatic heterocycles. The van der Waals surface area contributed by atoms with Gasteiger partial charge in [-0.25, -0.2) is 9.59 Å². The summed E-state index contributed by atoms with van der Waals surface area (Å²) in [5.41, 5.74) is 0.731. The van der Waals surface area contributed by atoms with Crippen LogP contribution in [0.2, 0.25) is 0 Å². The van der Waals surface area contributed by atoms with Crippen molar-refractivity contribution in [3.8, 4) is 0 Å². The largest absolute Gasteiger partial charge is 0.459 e. The minimum Gasteiger partial charge on any atom is -0.459 e. The van der Waals surface area contributed by atoms with Gasteiger partial charge in [-0.3, -0.25) is 4.79 Å². The van der Waals surface area contributed by atoms with Crippen molar-refractivity contribution in [1.29, 1.82) is 0 Å². The fourth-order valence-corrected chi connectivity index (χ4v) is 3.17. The molecular formula is C22H23NO7. The first-order valence-electron chi connectivity index (χ1n) is 9.43. The van der Waals surface area contributed by atoms with Crippen LogP contribution in [0.1, 0.15) is 27.6 Å². The Bertz CT molecular complexity index is 872. The van der Waals surface area contributed by atoms with Crippen LogP contribution in [0.25, 0.3) is 0 Å². The van der Waals surface area contributed by atoms with E-state index in [0.717, 1.165) is 0 Å². The first-order valence-corrected chi connectivity index (χ1v) is 9.43. The summed E-state index contributed by atoms with van der Waals surface area (Å²) in [6, 6.07) is 16.2. The lowest BCUT2D eigenvalue weighted by molar-refractivity contribution is -0.138. The fourth-order valence-electron chi connectivity index (χ4n) is 3.17. The summed E-state index contributed by atoms with van der Waals surface area (Å²) in [4.78, 5) is 36.5. The zero-order valence-corrected chi connectivity index (χ0v) is 16.6. The van der Waals surface area contributed by atoms with Gasteiger partial charge in [0.25, 0.3) is 0 Å². The van der Waals surface area contributed by atoms with Gasteiger partial charge < -0.3 is 24.3 Å². The summed E-state index contributed by atoms with van der Waals surface area (Å²) in [6.07, 6.45) is -2.62. The van der Waals surface area contributed by atoms with Crippen LogP contribution in [0.15, 0.2) is 60.7 Å². The summed E-state index contributed by atoms with van der Waals surface area (Å²) < 4.78 is 22.1. The molecule has 0 bridgehead atoms. The molecular weight excluding hydrogens is 390 g/mol.